The van der Waals surface area contributed by atoms with Crippen LogP contribution in [0.2, 0.25) is 0 Å². The Labute approximate surface area is 137 Å². The number of likely N-dealkylation sites (N-methyl/N-ethyl adjacent to an activating group) is 1. The van der Waals surface area contributed by atoms with Crippen LogP contribution in [0, 0.1) is 0 Å². The first-order valence-corrected chi connectivity index (χ1v) is 7.32. The monoisotopic (exact) mass is 314 g/mol. The Morgan fingerprint density at radius 2 is 1.45 bits per heavy atom. The molecule has 0 aliphatic carbocycles. The van der Waals surface area contributed by atoms with Gasteiger partial charge >= 0.3 is 0 Å². The van der Waals surface area contributed by atoms with Gasteiger partial charge in [-0.05, 0) is 30.2 Å². The molecule has 0 saturated heterocycles. The van der Waals surface area contributed by atoms with E-state index in [4.69, 9.17) is 0 Å². The number of hydrogen-bond donors (Lipinski definition) is 1. The molecule has 1 amide bonds. The molecule has 114 valence electrons. The van der Waals surface area contributed by atoms with Crippen LogP contribution in [0.25, 0.3) is 12.2 Å². The van der Waals surface area contributed by atoms with Crippen LogP contribution in [0.3, 0.4) is 0 Å². The Bertz CT molecular complexity index is 647. The average Bonchev–Trinajstić information content (AvgIpc) is 2.69. The minimum Gasteiger partial charge on any atom is -1.00 e. The molecule has 0 radical (unpaired) electrons. The Morgan fingerprint density at radius 3 is 1.95 bits per heavy atom. The molecule has 3 rings (SSSR count). The maximum absolute atomic E-state index is 12.7. The second kappa shape index (κ2) is 7.25. The van der Waals surface area contributed by atoms with Crippen LogP contribution >= 0.6 is 0 Å². The van der Waals surface area contributed by atoms with Crippen molar-refractivity contribution in [1.82, 2.24) is 0 Å². The summed E-state index contributed by atoms with van der Waals surface area (Å²) in [6, 6.07) is 16.1. The van der Waals surface area contributed by atoms with Crippen LogP contribution < -0.4 is 22.6 Å². The molecule has 0 aromatic heterocycles. The van der Waals surface area contributed by atoms with Gasteiger partial charge < -0.3 is 17.7 Å². The highest BCUT2D eigenvalue weighted by Crippen LogP contribution is 2.35. The largest absolute Gasteiger partial charge is 1.00 e. The first-order valence-electron chi connectivity index (χ1n) is 7.32. The molecule has 0 spiro atoms. The molecular weight excluding hydrogens is 296 g/mol. The smallest absolute Gasteiger partial charge is 0.286 e. The van der Waals surface area contributed by atoms with Crippen molar-refractivity contribution < 1.29 is 22.5 Å². The normalized spacial score (nSPS) is 12.0. The number of hydrogen-bond acceptors (Lipinski definition) is 1. The Kier molecular flexibility index (Phi) is 5.36. The van der Waals surface area contributed by atoms with Crippen molar-refractivity contribution in [3.8, 4) is 0 Å². The second-order valence-corrected chi connectivity index (χ2v) is 5.08. The standard InChI is InChI=1S/C18H18N2O.ClH/c1-2-19-13-18(21)20-16-9-5-3-7-14(16)11-12-15-8-4-6-10-17(15)20;/h3-12,19H,2,13H2,1H3;1H. The minimum atomic E-state index is 0. The van der Waals surface area contributed by atoms with Crippen molar-refractivity contribution >= 4 is 29.4 Å². The fourth-order valence-corrected chi connectivity index (χ4v) is 2.60. The van der Waals surface area contributed by atoms with E-state index in [2.05, 4.69) is 19.1 Å². The number of benzene rings is 2. The van der Waals surface area contributed by atoms with Gasteiger partial charge in [-0.2, -0.15) is 0 Å². The molecule has 2 N–H and O–H groups in total. The molecule has 4 heteroatoms. The highest BCUT2D eigenvalue weighted by molar-refractivity contribution is 6.06. The van der Waals surface area contributed by atoms with Crippen molar-refractivity contribution in [3.63, 3.8) is 0 Å². The number of rotatable bonds is 3. The predicted molar refractivity (Wildman–Crippen MR) is 86.3 cm³/mol. The molecule has 0 atom stereocenters. The van der Waals surface area contributed by atoms with E-state index < -0.39 is 0 Å². The topological polar surface area (TPSA) is 36.9 Å². The maximum atomic E-state index is 12.7. The van der Waals surface area contributed by atoms with E-state index in [1.807, 2.05) is 58.7 Å². The summed E-state index contributed by atoms with van der Waals surface area (Å²) in [5, 5.41) is 2.02. The molecule has 2 aromatic rings. The lowest BCUT2D eigenvalue weighted by Gasteiger charge is -2.24. The number of carbonyl (C=O) groups excluding carboxylic acids is 1. The van der Waals surface area contributed by atoms with Crippen molar-refractivity contribution in [2.24, 2.45) is 0 Å². The summed E-state index contributed by atoms with van der Waals surface area (Å²) in [5.41, 5.74) is 4.04. The van der Waals surface area contributed by atoms with E-state index in [0.29, 0.717) is 6.54 Å². The fourth-order valence-electron chi connectivity index (χ4n) is 2.60. The highest BCUT2D eigenvalue weighted by atomic mass is 35.5. The number of nitrogens with two attached hydrogens (primary N) is 1. The molecule has 0 unspecified atom stereocenters. The minimum absolute atomic E-state index is 0. The average molecular weight is 315 g/mol. The molecule has 0 saturated carbocycles. The Morgan fingerprint density at radius 1 is 0.955 bits per heavy atom. The van der Waals surface area contributed by atoms with E-state index >= 15 is 0 Å². The molecule has 3 nitrogen and oxygen atoms in total. The SMILES string of the molecule is CC[NH2+]CC(=O)N1c2ccccc2C=Cc2ccccc21.[Cl-]. The maximum Gasteiger partial charge on any atom is 0.286 e. The Hall–Kier alpha value is -2.10. The van der Waals surface area contributed by atoms with Gasteiger partial charge in [0, 0.05) is 0 Å². The molecule has 1 aliphatic heterocycles. The highest BCUT2D eigenvalue weighted by Gasteiger charge is 2.24. The van der Waals surface area contributed by atoms with E-state index in [0.717, 1.165) is 29.0 Å². The van der Waals surface area contributed by atoms with E-state index in [-0.39, 0.29) is 18.3 Å². The third-order valence-electron chi connectivity index (χ3n) is 3.65. The summed E-state index contributed by atoms with van der Waals surface area (Å²) in [4.78, 5) is 14.5. The summed E-state index contributed by atoms with van der Waals surface area (Å²) >= 11 is 0. The number of halogens is 1. The zero-order valence-corrected chi connectivity index (χ0v) is 13.3. The summed E-state index contributed by atoms with van der Waals surface area (Å²) in [7, 11) is 0. The number of anilines is 2. The predicted octanol–water partition coefficient (Wildman–Crippen LogP) is -0.578. The van der Waals surface area contributed by atoms with E-state index in [1.54, 1.807) is 0 Å². The third kappa shape index (κ3) is 3.06. The van der Waals surface area contributed by atoms with Gasteiger partial charge in [-0.1, -0.05) is 48.6 Å². The van der Waals surface area contributed by atoms with Gasteiger partial charge in [0.05, 0.1) is 17.9 Å². The molecule has 0 fully saturated rings. The molecule has 1 aliphatic rings. The van der Waals surface area contributed by atoms with Gasteiger partial charge in [0.1, 0.15) is 0 Å². The number of para-hydroxylation sites is 2. The number of nitrogens with zero attached hydrogens (tertiary/aromatic N) is 1. The first kappa shape index (κ1) is 16.3. The van der Waals surface area contributed by atoms with Crippen molar-refractivity contribution in [3.05, 3.63) is 59.7 Å². The lowest BCUT2D eigenvalue weighted by molar-refractivity contribution is -0.640. The van der Waals surface area contributed by atoms with Crippen molar-refractivity contribution in [2.75, 3.05) is 18.0 Å². The van der Waals surface area contributed by atoms with Crippen LogP contribution in [0.15, 0.2) is 48.5 Å². The van der Waals surface area contributed by atoms with Crippen LogP contribution in [0.1, 0.15) is 18.1 Å². The Balaban J connectivity index is 0.00000176. The van der Waals surface area contributed by atoms with Gasteiger partial charge in [0.15, 0.2) is 6.54 Å². The molecule has 2 aromatic carbocycles. The second-order valence-electron chi connectivity index (χ2n) is 5.08. The van der Waals surface area contributed by atoms with Crippen LogP contribution in [0.4, 0.5) is 11.4 Å². The molecule has 1 heterocycles. The van der Waals surface area contributed by atoms with Gasteiger partial charge in [-0.15, -0.1) is 0 Å². The molecule has 22 heavy (non-hydrogen) atoms. The summed E-state index contributed by atoms with van der Waals surface area (Å²) in [6.45, 7) is 3.42. The third-order valence-corrected chi connectivity index (χ3v) is 3.65. The molecular formula is C18H19ClN2O. The van der Waals surface area contributed by atoms with Crippen molar-refractivity contribution in [1.29, 1.82) is 0 Å². The fraction of sp³-hybridized carbons (Fsp3) is 0.167. The number of amides is 1. The van der Waals surface area contributed by atoms with Crippen molar-refractivity contribution in [2.45, 2.75) is 6.92 Å². The first-order chi connectivity index (χ1) is 10.3. The number of fused-ring (bicyclic) bond motifs is 2. The quantitative estimate of drug-likeness (QED) is 0.809. The number of quaternary nitrogens is 1. The number of carbonyl (C=O) groups is 1. The van der Waals surface area contributed by atoms with E-state index in [1.165, 1.54) is 0 Å². The van der Waals surface area contributed by atoms with Gasteiger partial charge in [-0.25, -0.2) is 0 Å². The molecule has 0 bridgehead atoms. The van der Waals surface area contributed by atoms with E-state index in [9.17, 15) is 4.79 Å². The zero-order chi connectivity index (χ0) is 14.7. The lowest BCUT2D eigenvalue weighted by atomic mass is 10.1. The lowest BCUT2D eigenvalue weighted by Crippen LogP contribution is -3.00. The zero-order valence-electron chi connectivity index (χ0n) is 12.5. The van der Waals surface area contributed by atoms with Crippen LogP contribution in [-0.2, 0) is 4.79 Å². The summed E-state index contributed by atoms with van der Waals surface area (Å²) < 4.78 is 0. The van der Waals surface area contributed by atoms with Gasteiger partial charge in [-0.3, -0.25) is 9.69 Å². The van der Waals surface area contributed by atoms with Crippen LogP contribution in [-0.4, -0.2) is 19.0 Å². The van der Waals surface area contributed by atoms with Gasteiger partial charge in [0.25, 0.3) is 5.91 Å². The summed E-state index contributed by atoms with van der Waals surface area (Å²) in [5.74, 6) is 0.112. The summed E-state index contributed by atoms with van der Waals surface area (Å²) in [6.07, 6.45) is 4.15. The van der Waals surface area contributed by atoms with Gasteiger partial charge in [0.2, 0.25) is 0 Å². The van der Waals surface area contributed by atoms with Crippen LogP contribution in [0.5, 0.6) is 0 Å².